The van der Waals surface area contributed by atoms with E-state index in [1.54, 1.807) is 0 Å². The number of fused-ring (bicyclic) bond motifs is 5. The van der Waals surface area contributed by atoms with Crippen LogP contribution in [0.4, 0.5) is 0 Å². The van der Waals surface area contributed by atoms with E-state index in [2.05, 4.69) is 17.1 Å². The molecule has 2 heterocycles. The predicted molar refractivity (Wildman–Crippen MR) is 74.4 cm³/mol. The van der Waals surface area contributed by atoms with E-state index in [-0.39, 0.29) is 0 Å². The minimum atomic E-state index is 0.661. The highest BCUT2D eigenvalue weighted by Crippen LogP contribution is 2.32. The summed E-state index contributed by atoms with van der Waals surface area (Å²) in [4.78, 5) is 4.37. The van der Waals surface area contributed by atoms with Crippen LogP contribution in [0.15, 0.2) is 53.1 Å². The predicted octanol–water partition coefficient (Wildman–Crippen LogP) is 2.93. The lowest BCUT2D eigenvalue weighted by Gasteiger charge is -1.97. The van der Waals surface area contributed by atoms with Crippen molar-refractivity contribution in [2.75, 3.05) is 0 Å². The first kappa shape index (κ1) is 9.72. The first-order valence-corrected chi connectivity index (χ1v) is 5.78. The van der Waals surface area contributed by atoms with Crippen LogP contribution in [0.25, 0.3) is 32.8 Å². The van der Waals surface area contributed by atoms with Gasteiger partial charge in [-0.3, -0.25) is 0 Å². The number of aromatic nitrogens is 1. The summed E-state index contributed by atoms with van der Waals surface area (Å²) < 4.78 is 5.75. The van der Waals surface area contributed by atoms with Crippen molar-refractivity contribution in [3.05, 3.63) is 48.7 Å². The molecule has 0 atom stereocenters. The zero-order valence-electron chi connectivity index (χ0n) is 9.55. The third kappa shape index (κ3) is 1.22. The van der Waals surface area contributed by atoms with Gasteiger partial charge in [0.15, 0.2) is 0 Å². The van der Waals surface area contributed by atoms with Gasteiger partial charge >= 0.3 is 0 Å². The van der Waals surface area contributed by atoms with Crippen LogP contribution in [-0.2, 0) is 0 Å². The fraction of sp³-hybridized carbons (Fsp3) is 0. The van der Waals surface area contributed by atoms with Gasteiger partial charge in [-0.15, -0.1) is 0 Å². The molecule has 2 aromatic heterocycles. The van der Waals surface area contributed by atoms with E-state index in [1.165, 1.54) is 0 Å². The van der Waals surface area contributed by atoms with Crippen molar-refractivity contribution in [2.24, 2.45) is 0 Å². The Kier molecular flexibility index (Phi) is 1.81. The molecular formula is C15H8BNO. The standard InChI is InChI=1S/C15H8BNO/c16-10-5-6-12-13(7-10)18-15-14(12)11-4-2-1-3-9(11)8-17-15/h1-8H. The second-order valence-corrected chi connectivity index (χ2v) is 4.38. The minimum absolute atomic E-state index is 0.661. The second kappa shape index (κ2) is 3.36. The van der Waals surface area contributed by atoms with Crippen LogP contribution in [0.2, 0.25) is 0 Å². The molecule has 0 amide bonds. The molecule has 0 N–H and O–H groups in total. The Balaban J connectivity index is 2.33. The average molecular weight is 229 g/mol. The Bertz CT molecular complexity index is 895. The van der Waals surface area contributed by atoms with Crippen molar-refractivity contribution in [3.63, 3.8) is 0 Å². The maximum absolute atomic E-state index is 5.78. The zero-order valence-corrected chi connectivity index (χ0v) is 9.55. The summed E-state index contributed by atoms with van der Waals surface area (Å²) in [5.74, 6) is 0. The quantitative estimate of drug-likeness (QED) is 0.433. The molecule has 0 spiro atoms. The summed E-state index contributed by atoms with van der Waals surface area (Å²) in [6.45, 7) is 0. The van der Waals surface area contributed by atoms with Gasteiger partial charge in [0, 0.05) is 17.0 Å². The molecule has 4 aromatic rings. The van der Waals surface area contributed by atoms with Crippen LogP contribution in [0.3, 0.4) is 0 Å². The SMILES string of the molecule is [B]c1ccc2c(c1)oc1ncc3ccccc3c12. The average Bonchev–Trinajstić information content (AvgIpc) is 2.76. The highest BCUT2D eigenvalue weighted by molar-refractivity contribution is 6.33. The van der Waals surface area contributed by atoms with Crippen molar-refractivity contribution >= 4 is 46.2 Å². The molecule has 2 radical (unpaired) electrons. The summed E-state index contributed by atoms with van der Waals surface area (Å²) in [7, 11) is 5.78. The van der Waals surface area contributed by atoms with Crippen LogP contribution in [0.1, 0.15) is 0 Å². The lowest BCUT2D eigenvalue weighted by Crippen LogP contribution is -1.98. The van der Waals surface area contributed by atoms with Gasteiger partial charge in [0.25, 0.3) is 0 Å². The molecule has 0 unspecified atom stereocenters. The third-order valence-electron chi connectivity index (χ3n) is 3.25. The molecule has 4 rings (SSSR count). The molecule has 0 fully saturated rings. The van der Waals surface area contributed by atoms with Gasteiger partial charge in [-0.05, 0) is 11.5 Å². The van der Waals surface area contributed by atoms with Gasteiger partial charge in [-0.25, -0.2) is 4.98 Å². The van der Waals surface area contributed by atoms with Crippen LogP contribution in [0.5, 0.6) is 0 Å². The summed E-state index contributed by atoms with van der Waals surface area (Å²) in [6, 6.07) is 13.9. The third-order valence-corrected chi connectivity index (χ3v) is 3.25. The van der Waals surface area contributed by atoms with E-state index < -0.39 is 0 Å². The van der Waals surface area contributed by atoms with E-state index in [4.69, 9.17) is 12.3 Å². The highest BCUT2D eigenvalue weighted by atomic mass is 16.3. The smallest absolute Gasteiger partial charge is 0.227 e. The Labute approximate surface area is 105 Å². The number of pyridine rings is 1. The molecule has 3 heteroatoms. The van der Waals surface area contributed by atoms with Gasteiger partial charge < -0.3 is 4.42 Å². The maximum Gasteiger partial charge on any atom is 0.227 e. The van der Waals surface area contributed by atoms with Crippen LogP contribution in [-0.4, -0.2) is 12.8 Å². The van der Waals surface area contributed by atoms with E-state index in [9.17, 15) is 0 Å². The Morgan fingerprint density at radius 3 is 2.83 bits per heavy atom. The Hall–Kier alpha value is -2.29. The van der Waals surface area contributed by atoms with E-state index in [0.29, 0.717) is 11.2 Å². The molecule has 2 nitrogen and oxygen atoms in total. The van der Waals surface area contributed by atoms with E-state index >= 15 is 0 Å². The largest absolute Gasteiger partial charge is 0.438 e. The lowest BCUT2D eigenvalue weighted by atomic mass is 9.95. The van der Waals surface area contributed by atoms with E-state index in [0.717, 1.165) is 27.1 Å². The van der Waals surface area contributed by atoms with Crippen LogP contribution >= 0.6 is 0 Å². The Morgan fingerprint density at radius 1 is 1.00 bits per heavy atom. The fourth-order valence-corrected chi connectivity index (χ4v) is 2.42. The normalized spacial score (nSPS) is 11.6. The number of rotatable bonds is 0. The van der Waals surface area contributed by atoms with Crippen molar-refractivity contribution in [1.29, 1.82) is 0 Å². The summed E-state index contributed by atoms with van der Waals surface area (Å²) in [5, 5.41) is 4.39. The summed E-state index contributed by atoms with van der Waals surface area (Å²) in [5.41, 5.74) is 2.15. The zero-order chi connectivity index (χ0) is 12.1. The molecule has 82 valence electrons. The summed E-state index contributed by atoms with van der Waals surface area (Å²) in [6.07, 6.45) is 1.84. The van der Waals surface area contributed by atoms with Crippen LogP contribution < -0.4 is 5.46 Å². The fourth-order valence-electron chi connectivity index (χ4n) is 2.42. The summed E-state index contributed by atoms with van der Waals surface area (Å²) >= 11 is 0. The Morgan fingerprint density at radius 2 is 1.89 bits per heavy atom. The molecule has 0 aliphatic rings. The first-order chi connectivity index (χ1) is 8.83. The lowest BCUT2D eigenvalue weighted by molar-refractivity contribution is 0.655. The minimum Gasteiger partial charge on any atom is -0.438 e. The van der Waals surface area contributed by atoms with Gasteiger partial charge in [0.1, 0.15) is 13.4 Å². The second-order valence-electron chi connectivity index (χ2n) is 4.38. The monoisotopic (exact) mass is 229 g/mol. The highest BCUT2D eigenvalue weighted by Gasteiger charge is 2.10. The maximum atomic E-state index is 5.78. The van der Waals surface area contributed by atoms with Gasteiger partial charge in [0.2, 0.25) is 5.71 Å². The van der Waals surface area contributed by atoms with Crippen molar-refractivity contribution < 1.29 is 4.42 Å². The molecule has 0 aliphatic carbocycles. The topological polar surface area (TPSA) is 26.0 Å². The number of hydrogen-bond donors (Lipinski definition) is 0. The molecule has 2 aromatic carbocycles. The molecule has 0 saturated carbocycles. The number of furan rings is 1. The number of benzene rings is 2. The van der Waals surface area contributed by atoms with Gasteiger partial charge in [-0.2, -0.15) is 0 Å². The molecule has 0 aliphatic heterocycles. The van der Waals surface area contributed by atoms with Gasteiger partial charge in [0.05, 0.1) is 5.39 Å². The molecule has 0 saturated heterocycles. The first-order valence-electron chi connectivity index (χ1n) is 5.78. The number of nitrogens with zero attached hydrogens (tertiary/aromatic N) is 1. The van der Waals surface area contributed by atoms with Crippen molar-refractivity contribution in [2.45, 2.75) is 0 Å². The van der Waals surface area contributed by atoms with Crippen LogP contribution in [0, 0.1) is 0 Å². The van der Waals surface area contributed by atoms with Gasteiger partial charge in [-0.1, -0.05) is 41.9 Å². The number of hydrogen-bond acceptors (Lipinski definition) is 2. The van der Waals surface area contributed by atoms with Crippen molar-refractivity contribution in [1.82, 2.24) is 4.98 Å². The molecule has 0 bridgehead atoms. The van der Waals surface area contributed by atoms with Crippen molar-refractivity contribution in [3.8, 4) is 0 Å². The van der Waals surface area contributed by atoms with E-state index in [1.807, 2.05) is 36.5 Å². The molecule has 18 heavy (non-hydrogen) atoms. The molecular weight excluding hydrogens is 221 g/mol.